The van der Waals surface area contributed by atoms with Gasteiger partial charge in [0.15, 0.2) is 5.82 Å². The molecule has 25 heavy (non-hydrogen) atoms. The summed E-state index contributed by atoms with van der Waals surface area (Å²) in [6.45, 7) is 0. The molecule has 0 unspecified atom stereocenters. The van der Waals surface area contributed by atoms with Gasteiger partial charge >= 0.3 is 6.18 Å². The first-order chi connectivity index (χ1) is 11.9. The molecule has 0 radical (unpaired) electrons. The summed E-state index contributed by atoms with van der Waals surface area (Å²) in [4.78, 5) is 23.6. The summed E-state index contributed by atoms with van der Waals surface area (Å²) in [5.74, 6) is -0.105. The van der Waals surface area contributed by atoms with E-state index in [4.69, 9.17) is 0 Å². The summed E-state index contributed by atoms with van der Waals surface area (Å²) < 4.78 is 37.4. The Morgan fingerprint density at radius 3 is 2.12 bits per heavy atom. The summed E-state index contributed by atoms with van der Waals surface area (Å²) in [5, 5.41) is 2.51. The second-order valence-corrected chi connectivity index (χ2v) is 5.05. The number of halogens is 3. The Balaban J connectivity index is 1.71. The van der Waals surface area contributed by atoms with Crippen LogP contribution in [0.25, 0.3) is 11.4 Å². The number of aromatic nitrogens is 3. The van der Waals surface area contributed by atoms with Gasteiger partial charge in [-0.05, 0) is 12.1 Å². The second kappa shape index (κ2) is 6.68. The smallest absolute Gasteiger partial charge is 0.319 e. The van der Waals surface area contributed by atoms with Crippen LogP contribution in [0, 0.1) is 0 Å². The fraction of sp³-hybridized carbons (Fsp3) is 0.0588. The van der Waals surface area contributed by atoms with Crippen molar-refractivity contribution in [2.24, 2.45) is 0 Å². The van der Waals surface area contributed by atoms with Crippen molar-refractivity contribution in [2.45, 2.75) is 6.18 Å². The monoisotopic (exact) mass is 344 g/mol. The van der Waals surface area contributed by atoms with Gasteiger partial charge < -0.3 is 5.32 Å². The number of nitrogens with one attached hydrogen (secondary N) is 1. The number of pyridine rings is 1. The lowest BCUT2D eigenvalue weighted by molar-refractivity contribution is -0.141. The largest absolute Gasteiger partial charge is 0.433 e. The number of hydrogen-bond acceptors (Lipinski definition) is 4. The average molecular weight is 344 g/mol. The molecule has 1 amide bonds. The fourth-order valence-electron chi connectivity index (χ4n) is 2.03. The van der Waals surface area contributed by atoms with Crippen molar-refractivity contribution in [2.75, 3.05) is 5.32 Å². The van der Waals surface area contributed by atoms with E-state index in [2.05, 4.69) is 20.3 Å². The molecule has 0 saturated heterocycles. The topological polar surface area (TPSA) is 67.8 Å². The second-order valence-electron chi connectivity index (χ2n) is 5.05. The maximum atomic E-state index is 12.5. The highest BCUT2D eigenvalue weighted by Gasteiger charge is 2.32. The SMILES string of the molecule is O=C(Nc1cnc(-c2ccccc2)nc1)c1ccc(C(F)(F)F)nc1. The molecule has 8 heteroatoms. The van der Waals surface area contributed by atoms with Gasteiger partial charge in [0.25, 0.3) is 5.91 Å². The number of benzene rings is 1. The van der Waals surface area contributed by atoms with Crippen LogP contribution in [0.4, 0.5) is 18.9 Å². The highest BCUT2D eigenvalue weighted by Crippen LogP contribution is 2.27. The van der Waals surface area contributed by atoms with E-state index in [0.717, 1.165) is 23.9 Å². The minimum absolute atomic E-state index is 0.000126. The van der Waals surface area contributed by atoms with E-state index in [1.165, 1.54) is 12.4 Å². The third-order valence-corrected chi connectivity index (χ3v) is 3.26. The molecule has 0 fully saturated rings. The van der Waals surface area contributed by atoms with Gasteiger partial charge in [-0.1, -0.05) is 30.3 Å². The Kier molecular flexibility index (Phi) is 4.42. The molecule has 0 saturated carbocycles. The summed E-state index contributed by atoms with van der Waals surface area (Å²) in [7, 11) is 0. The van der Waals surface area contributed by atoms with E-state index in [1.807, 2.05) is 30.3 Å². The van der Waals surface area contributed by atoms with Crippen LogP contribution in [0.15, 0.2) is 61.1 Å². The van der Waals surface area contributed by atoms with E-state index < -0.39 is 17.8 Å². The van der Waals surface area contributed by atoms with Crippen molar-refractivity contribution in [3.05, 3.63) is 72.3 Å². The zero-order valence-corrected chi connectivity index (χ0v) is 12.7. The van der Waals surface area contributed by atoms with Crippen LogP contribution < -0.4 is 5.32 Å². The molecule has 0 aliphatic heterocycles. The van der Waals surface area contributed by atoms with Gasteiger partial charge in [0.05, 0.1) is 23.6 Å². The molecular weight excluding hydrogens is 333 g/mol. The highest BCUT2D eigenvalue weighted by atomic mass is 19.4. The highest BCUT2D eigenvalue weighted by molar-refractivity contribution is 6.03. The Labute approximate surface area is 140 Å². The third kappa shape index (κ3) is 3.97. The lowest BCUT2D eigenvalue weighted by atomic mass is 10.2. The standard InChI is InChI=1S/C17H11F3N4O/c18-17(19,20)14-7-6-12(8-21-14)16(25)24-13-9-22-15(23-10-13)11-4-2-1-3-5-11/h1-10H,(H,24,25). The van der Waals surface area contributed by atoms with Gasteiger partial charge in [-0.25, -0.2) is 9.97 Å². The number of nitrogens with zero attached hydrogens (tertiary/aromatic N) is 3. The molecule has 3 rings (SSSR count). The lowest BCUT2D eigenvalue weighted by Gasteiger charge is -2.07. The van der Waals surface area contributed by atoms with Gasteiger partial charge in [0, 0.05) is 11.8 Å². The maximum absolute atomic E-state index is 12.5. The van der Waals surface area contributed by atoms with E-state index in [-0.39, 0.29) is 5.56 Å². The Morgan fingerprint density at radius 1 is 0.880 bits per heavy atom. The van der Waals surface area contributed by atoms with Crippen molar-refractivity contribution in [1.29, 1.82) is 0 Å². The van der Waals surface area contributed by atoms with Gasteiger partial charge in [0.2, 0.25) is 0 Å². The quantitative estimate of drug-likeness (QED) is 0.784. The minimum atomic E-state index is -4.55. The Hall–Kier alpha value is -3.29. The first-order valence-electron chi connectivity index (χ1n) is 7.15. The molecule has 0 aliphatic carbocycles. The average Bonchev–Trinajstić information content (AvgIpc) is 2.62. The molecule has 2 aromatic heterocycles. The molecule has 2 heterocycles. The molecule has 1 aromatic carbocycles. The van der Waals surface area contributed by atoms with Gasteiger partial charge in [-0.2, -0.15) is 13.2 Å². The third-order valence-electron chi connectivity index (χ3n) is 3.26. The van der Waals surface area contributed by atoms with Crippen LogP contribution in [-0.4, -0.2) is 20.9 Å². The predicted octanol–water partition coefficient (Wildman–Crippen LogP) is 3.81. The molecule has 5 nitrogen and oxygen atoms in total. The number of rotatable bonds is 3. The number of hydrogen-bond donors (Lipinski definition) is 1. The van der Waals surface area contributed by atoms with Crippen molar-refractivity contribution in [3.8, 4) is 11.4 Å². The van der Waals surface area contributed by atoms with Crippen LogP contribution in [0.2, 0.25) is 0 Å². The maximum Gasteiger partial charge on any atom is 0.433 e. The summed E-state index contributed by atoms with van der Waals surface area (Å²) in [6, 6.07) is 11.1. The van der Waals surface area contributed by atoms with Crippen molar-refractivity contribution < 1.29 is 18.0 Å². The molecule has 0 atom stereocenters. The molecule has 126 valence electrons. The van der Waals surface area contributed by atoms with Crippen molar-refractivity contribution in [3.63, 3.8) is 0 Å². The molecule has 0 aliphatic rings. The Bertz CT molecular complexity index is 863. The predicted molar refractivity (Wildman–Crippen MR) is 84.7 cm³/mol. The number of carbonyl (C=O) groups excluding carboxylic acids is 1. The van der Waals surface area contributed by atoms with E-state index >= 15 is 0 Å². The van der Waals surface area contributed by atoms with Gasteiger partial charge in [-0.3, -0.25) is 9.78 Å². The lowest BCUT2D eigenvalue weighted by Crippen LogP contribution is -2.14. The first-order valence-corrected chi connectivity index (χ1v) is 7.15. The summed E-state index contributed by atoms with van der Waals surface area (Å²) in [5.41, 5.74) is 0.0941. The molecular formula is C17H11F3N4O. The van der Waals surface area contributed by atoms with Crippen molar-refractivity contribution >= 4 is 11.6 Å². The molecule has 1 N–H and O–H groups in total. The van der Waals surface area contributed by atoms with E-state index in [0.29, 0.717) is 11.5 Å². The van der Waals surface area contributed by atoms with Crippen LogP contribution in [0.5, 0.6) is 0 Å². The minimum Gasteiger partial charge on any atom is -0.319 e. The fourth-order valence-corrected chi connectivity index (χ4v) is 2.03. The molecule has 0 bridgehead atoms. The van der Waals surface area contributed by atoms with Crippen LogP contribution in [0.3, 0.4) is 0 Å². The van der Waals surface area contributed by atoms with Crippen LogP contribution in [-0.2, 0) is 6.18 Å². The van der Waals surface area contributed by atoms with E-state index in [1.54, 1.807) is 0 Å². The van der Waals surface area contributed by atoms with Crippen molar-refractivity contribution in [1.82, 2.24) is 15.0 Å². The summed E-state index contributed by atoms with van der Waals surface area (Å²) in [6.07, 6.45) is -0.830. The summed E-state index contributed by atoms with van der Waals surface area (Å²) >= 11 is 0. The Morgan fingerprint density at radius 2 is 1.56 bits per heavy atom. The van der Waals surface area contributed by atoms with Crippen LogP contribution in [0.1, 0.15) is 16.1 Å². The normalized spacial score (nSPS) is 11.2. The van der Waals surface area contributed by atoms with E-state index in [9.17, 15) is 18.0 Å². The molecule has 0 spiro atoms. The number of carbonyl (C=O) groups is 1. The zero-order chi connectivity index (χ0) is 17.9. The first kappa shape index (κ1) is 16.6. The number of amides is 1. The number of alkyl halides is 3. The van der Waals surface area contributed by atoms with Gasteiger partial charge in [-0.15, -0.1) is 0 Å². The zero-order valence-electron chi connectivity index (χ0n) is 12.7. The molecule has 3 aromatic rings. The van der Waals surface area contributed by atoms with Gasteiger partial charge in [0.1, 0.15) is 5.69 Å². The van der Waals surface area contributed by atoms with Crippen LogP contribution >= 0.6 is 0 Å². The number of anilines is 1.